The van der Waals surface area contributed by atoms with Crippen LogP contribution >= 0.6 is 0 Å². The van der Waals surface area contributed by atoms with Gasteiger partial charge in [0.1, 0.15) is 0 Å². The first-order valence-corrected chi connectivity index (χ1v) is 15.6. The van der Waals surface area contributed by atoms with Crippen LogP contribution in [-0.4, -0.2) is 26.8 Å². The topological polar surface area (TPSA) is 20.3 Å². The number of nitrogens with zero attached hydrogens (tertiary/aromatic N) is 1. The lowest BCUT2D eigenvalue weighted by Gasteiger charge is -2.62. The number of β-lactam (4-membered cyclic amide) rings is 1. The molecule has 1 heterocycles. The van der Waals surface area contributed by atoms with E-state index in [9.17, 15) is 4.79 Å². The van der Waals surface area contributed by atoms with Crippen molar-refractivity contribution < 1.29 is 4.79 Å². The molecule has 1 amide bonds. The summed E-state index contributed by atoms with van der Waals surface area (Å²) in [4.78, 5) is 13.5. The van der Waals surface area contributed by atoms with Gasteiger partial charge in [-0.25, -0.2) is 0 Å². The minimum Gasteiger partial charge on any atom is -0.363 e. The Balaban J connectivity index is 2.63. The summed E-state index contributed by atoms with van der Waals surface area (Å²) in [6.07, 6.45) is 0. The fourth-order valence-corrected chi connectivity index (χ4v) is 15.6. The van der Waals surface area contributed by atoms with Crippen LogP contribution in [0.5, 0.6) is 0 Å². The summed E-state index contributed by atoms with van der Waals surface area (Å²) >= 11 is 0. The summed E-state index contributed by atoms with van der Waals surface area (Å²) in [7, 11) is -3.54. The molecule has 140 valence electrons. The lowest BCUT2D eigenvalue weighted by atomic mass is 9.96. The lowest BCUT2D eigenvalue weighted by Crippen LogP contribution is -2.70. The second-order valence-corrected chi connectivity index (χ2v) is 20.6. The fourth-order valence-electron chi connectivity index (χ4n) is 5.79. The highest BCUT2D eigenvalue weighted by atomic mass is 28.3. The van der Waals surface area contributed by atoms with Gasteiger partial charge in [0.25, 0.3) is 0 Å². The highest BCUT2D eigenvalue weighted by Gasteiger charge is 2.64. The Kier molecular flexibility index (Phi) is 5.75. The Hall–Kier alpha value is -0.876. The van der Waals surface area contributed by atoms with E-state index >= 15 is 0 Å². The average Bonchev–Trinajstić information content (AvgIpc) is 2.47. The lowest BCUT2D eigenvalue weighted by molar-refractivity contribution is -0.139. The maximum atomic E-state index is 13.5. The van der Waals surface area contributed by atoms with E-state index in [-0.39, 0.29) is 5.54 Å². The average molecular weight is 376 g/mol. The minimum absolute atomic E-state index is 0.224. The SMILES string of the molecule is CC(C)[Si](C(C)C)(C(C)C)[C@@H]1C(=O)N([Si](C)(C)C)[C@H]1c1ccccc1. The van der Waals surface area contributed by atoms with E-state index < -0.39 is 16.3 Å². The van der Waals surface area contributed by atoms with E-state index in [0.29, 0.717) is 28.6 Å². The molecule has 1 aliphatic rings. The number of hydrogen-bond donors (Lipinski definition) is 0. The molecule has 2 nitrogen and oxygen atoms in total. The van der Waals surface area contributed by atoms with Crippen molar-refractivity contribution in [3.05, 3.63) is 35.9 Å². The highest BCUT2D eigenvalue weighted by molar-refractivity contribution is 6.89. The first-order valence-electron chi connectivity index (χ1n) is 9.85. The summed E-state index contributed by atoms with van der Waals surface area (Å²) in [6.45, 7) is 21.2. The number of benzene rings is 1. The van der Waals surface area contributed by atoms with Crippen LogP contribution in [0.15, 0.2) is 30.3 Å². The van der Waals surface area contributed by atoms with Crippen LogP contribution in [0.3, 0.4) is 0 Å². The minimum atomic E-state index is -1.84. The monoisotopic (exact) mass is 375 g/mol. The Labute approximate surface area is 157 Å². The molecule has 0 saturated carbocycles. The smallest absolute Gasteiger partial charge is 0.217 e. The van der Waals surface area contributed by atoms with Gasteiger partial charge in [-0.05, 0) is 22.2 Å². The largest absolute Gasteiger partial charge is 0.363 e. The van der Waals surface area contributed by atoms with Crippen LogP contribution in [0.1, 0.15) is 53.1 Å². The van der Waals surface area contributed by atoms with Crippen molar-refractivity contribution in [2.45, 2.75) is 89.4 Å². The van der Waals surface area contributed by atoms with E-state index in [1.807, 2.05) is 0 Å². The van der Waals surface area contributed by atoms with Crippen LogP contribution in [0.2, 0.25) is 41.8 Å². The predicted molar refractivity (Wildman–Crippen MR) is 114 cm³/mol. The third-order valence-electron chi connectivity index (χ3n) is 6.50. The molecule has 0 unspecified atom stereocenters. The van der Waals surface area contributed by atoms with Crippen LogP contribution < -0.4 is 0 Å². The fraction of sp³-hybridized carbons (Fsp3) is 0.667. The van der Waals surface area contributed by atoms with E-state index in [0.717, 1.165) is 0 Å². The molecule has 0 N–H and O–H groups in total. The standard InChI is InChI=1S/C21H37NOSi2/c1-15(2)25(16(3)4,17(5)6)20-19(18-13-11-10-12-14-18)22(21(20)23)24(7,8)9/h10-17,19-20H,1-9H3/t19-,20-/m0/s1. The van der Waals surface area contributed by atoms with Crippen molar-refractivity contribution in [3.63, 3.8) is 0 Å². The molecule has 1 saturated heterocycles. The van der Waals surface area contributed by atoms with Crippen molar-refractivity contribution >= 4 is 22.2 Å². The predicted octanol–water partition coefficient (Wildman–Crippen LogP) is 6.45. The Morgan fingerprint density at radius 2 is 1.28 bits per heavy atom. The molecule has 1 aromatic carbocycles. The van der Waals surface area contributed by atoms with Gasteiger partial charge < -0.3 is 4.57 Å². The number of amides is 1. The number of hydrogen-bond acceptors (Lipinski definition) is 1. The quantitative estimate of drug-likeness (QED) is 0.413. The van der Waals surface area contributed by atoms with Gasteiger partial charge in [0.2, 0.25) is 5.91 Å². The summed E-state index contributed by atoms with van der Waals surface area (Å²) in [6, 6.07) is 11.1. The van der Waals surface area contributed by atoms with Crippen LogP contribution in [0, 0.1) is 0 Å². The van der Waals surface area contributed by atoms with Gasteiger partial charge in [-0.15, -0.1) is 0 Å². The van der Waals surface area contributed by atoms with Gasteiger partial charge in [-0.2, -0.15) is 0 Å². The molecule has 0 bridgehead atoms. The molecule has 1 aromatic rings. The molecule has 2 atom stereocenters. The Morgan fingerprint density at radius 3 is 1.64 bits per heavy atom. The number of rotatable bonds is 6. The van der Waals surface area contributed by atoms with Crippen LogP contribution in [-0.2, 0) is 4.79 Å². The van der Waals surface area contributed by atoms with E-state index in [2.05, 4.69) is 96.1 Å². The highest BCUT2D eigenvalue weighted by Crippen LogP contribution is 2.61. The molecule has 4 heteroatoms. The van der Waals surface area contributed by atoms with E-state index in [1.165, 1.54) is 5.56 Å². The zero-order valence-corrected chi connectivity index (χ0v) is 19.6. The molecule has 0 aliphatic carbocycles. The first kappa shape index (κ1) is 20.4. The van der Waals surface area contributed by atoms with Crippen LogP contribution in [0.25, 0.3) is 0 Å². The zero-order valence-electron chi connectivity index (χ0n) is 17.6. The van der Waals surface area contributed by atoms with Crippen molar-refractivity contribution in [2.75, 3.05) is 0 Å². The molecule has 0 aromatic heterocycles. The normalized spacial score (nSPS) is 22.1. The van der Waals surface area contributed by atoms with Gasteiger partial charge >= 0.3 is 0 Å². The molecular formula is C21H37NOSi2. The zero-order chi connectivity index (χ0) is 19.2. The molecular weight excluding hydrogens is 338 g/mol. The molecule has 1 aliphatic heterocycles. The van der Waals surface area contributed by atoms with Gasteiger partial charge in [0, 0.05) is 0 Å². The summed E-state index contributed by atoms with van der Waals surface area (Å²) in [5.41, 5.74) is 3.39. The molecule has 0 spiro atoms. The van der Waals surface area contributed by atoms with Gasteiger partial charge in [-0.1, -0.05) is 91.5 Å². The molecule has 1 fully saturated rings. The maximum Gasteiger partial charge on any atom is 0.217 e. The summed E-state index contributed by atoms with van der Waals surface area (Å²) in [5, 5.41) is 0. The molecule has 25 heavy (non-hydrogen) atoms. The summed E-state index contributed by atoms with van der Waals surface area (Å²) < 4.78 is 2.29. The molecule has 0 radical (unpaired) electrons. The van der Waals surface area contributed by atoms with E-state index in [1.54, 1.807) is 0 Å². The van der Waals surface area contributed by atoms with Crippen molar-refractivity contribution in [1.82, 2.24) is 4.57 Å². The van der Waals surface area contributed by atoms with Gasteiger partial charge in [0.15, 0.2) is 8.24 Å². The second-order valence-electron chi connectivity index (χ2n) is 9.68. The van der Waals surface area contributed by atoms with Gasteiger partial charge in [-0.3, -0.25) is 4.79 Å². The maximum absolute atomic E-state index is 13.5. The summed E-state index contributed by atoms with van der Waals surface area (Å²) in [5.74, 6) is 0.454. The number of carbonyl (C=O) groups excluding carboxylic acids is 1. The Morgan fingerprint density at radius 1 is 0.840 bits per heavy atom. The first-order chi connectivity index (χ1) is 11.5. The Bertz CT molecular complexity index is 582. The van der Waals surface area contributed by atoms with Crippen molar-refractivity contribution in [3.8, 4) is 0 Å². The third kappa shape index (κ3) is 3.16. The van der Waals surface area contributed by atoms with Crippen molar-refractivity contribution in [2.24, 2.45) is 0 Å². The van der Waals surface area contributed by atoms with E-state index in [4.69, 9.17) is 0 Å². The second kappa shape index (κ2) is 7.03. The molecule has 2 rings (SSSR count). The van der Waals surface area contributed by atoms with Crippen LogP contribution in [0.4, 0.5) is 0 Å². The number of carbonyl (C=O) groups is 1. The van der Waals surface area contributed by atoms with Gasteiger partial charge in [0.05, 0.1) is 19.7 Å². The third-order valence-corrected chi connectivity index (χ3v) is 16.1. The van der Waals surface area contributed by atoms with Crippen molar-refractivity contribution in [1.29, 1.82) is 0 Å².